The summed E-state index contributed by atoms with van der Waals surface area (Å²) in [6.07, 6.45) is -3.78. The first-order valence-corrected chi connectivity index (χ1v) is 17.3. The van der Waals surface area contributed by atoms with Gasteiger partial charge in [-0.2, -0.15) is 5.10 Å². The Labute approximate surface area is 317 Å². The van der Waals surface area contributed by atoms with Gasteiger partial charge in [0.1, 0.15) is 13.0 Å². The molecule has 55 heavy (non-hydrogen) atoms. The maximum Gasteiger partial charge on any atom is 0.586 e. The number of aromatic hydroxyl groups is 1. The molecule has 3 N–H and O–H groups in total. The van der Waals surface area contributed by atoms with E-state index >= 15 is 0 Å². The van der Waals surface area contributed by atoms with Crippen molar-refractivity contribution in [2.24, 2.45) is 10.1 Å². The third kappa shape index (κ3) is 8.21. The van der Waals surface area contributed by atoms with Gasteiger partial charge in [0.2, 0.25) is 5.91 Å². The number of aliphatic imine (C=N–C) groups is 1. The molecule has 0 saturated carbocycles. The Bertz CT molecular complexity index is 2070. The summed E-state index contributed by atoms with van der Waals surface area (Å²) in [4.78, 5) is 43.6. The van der Waals surface area contributed by atoms with Crippen molar-refractivity contribution in [1.29, 1.82) is 0 Å². The normalized spacial score (nSPS) is 18.5. The summed E-state index contributed by atoms with van der Waals surface area (Å²) in [5.41, 5.74) is 1.00. The van der Waals surface area contributed by atoms with Crippen molar-refractivity contribution in [2.45, 2.75) is 45.6 Å². The van der Waals surface area contributed by atoms with Crippen LogP contribution >= 0.6 is 11.6 Å². The number of amides is 2. The number of aliphatic hydroxyl groups excluding tert-OH is 1. The standard InChI is InChI=1S/C35H36ClF4N9O6/c1-5-24-29(46-10-12-47(13-11-46)32(52)28-30(51)19(2)42-17-43-28)33(53)49(45-31(41-4)20-6-9-25-26(14-20)55-35(39,40)54-25)18-48(24)16-27(50)44-23-8-7-21(15-22(23)36)34(3,37)38/h6-9,14-15,17,33,51,53H,4-5,10-13,16,18H2,1-3H3,(H,44,50)/b45-31-. The van der Waals surface area contributed by atoms with E-state index in [0.29, 0.717) is 17.8 Å². The van der Waals surface area contributed by atoms with E-state index in [0.717, 1.165) is 19.1 Å². The van der Waals surface area contributed by atoms with Crippen molar-refractivity contribution in [3.05, 3.63) is 81.7 Å². The Kier molecular flexibility index (Phi) is 10.8. The predicted octanol–water partition coefficient (Wildman–Crippen LogP) is 4.55. The SMILES string of the molecule is C=N/C(=N\N1CN(CC(=O)Nc2ccc(C(C)(F)F)cc2Cl)C(CC)=C(N2CCN(C(=O)c3ncnc(C)c3O)CC2)C1O)c1ccc2c(c1)OC(F)(F)O2. The van der Waals surface area contributed by atoms with Gasteiger partial charge in [-0.1, -0.05) is 24.6 Å². The zero-order valence-corrected chi connectivity index (χ0v) is 30.5. The second-order valence-corrected chi connectivity index (χ2v) is 13.2. The predicted molar refractivity (Wildman–Crippen MR) is 191 cm³/mol. The molecule has 3 aliphatic heterocycles. The molecule has 292 valence electrons. The van der Waals surface area contributed by atoms with Crippen LogP contribution in [0.4, 0.5) is 23.2 Å². The number of aryl methyl sites for hydroxylation is 1. The summed E-state index contributed by atoms with van der Waals surface area (Å²) in [5.74, 6) is -5.10. The smallest absolute Gasteiger partial charge is 0.504 e. The molecule has 1 aromatic heterocycles. The van der Waals surface area contributed by atoms with Gasteiger partial charge in [-0.25, -0.2) is 28.8 Å². The van der Waals surface area contributed by atoms with Crippen LogP contribution in [0.2, 0.25) is 5.02 Å². The molecule has 2 aromatic carbocycles. The van der Waals surface area contributed by atoms with Crippen LogP contribution in [0.3, 0.4) is 0 Å². The molecule has 0 bridgehead atoms. The highest BCUT2D eigenvalue weighted by molar-refractivity contribution is 6.33. The lowest BCUT2D eigenvalue weighted by atomic mass is 10.1. The largest absolute Gasteiger partial charge is 0.586 e. The number of anilines is 1. The molecule has 0 radical (unpaired) electrons. The maximum absolute atomic E-state index is 13.9. The first-order valence-electron chi connectivity index (χ1n) is 16.9. The molecule has 4 heterocycles. The van der Waals surface area contributed by atoms with E-state index < -0.39 is 30.3 Å². The molecule has 1 unspecified atom stereocenters. The van der Waals surface area contributed by atoms with Gasteiger partial charge in [-0.15, -0.1) is 8.78 Å². The third-order valence-electron chi connectivity index (χ3n) is 9.09. The van der Waals surface area contributed by atoms with Gasteiger partial charge in [0.05, 0.1) is 28.6 Å². The quantitative estimate of drug-likeness (QED) is 0.158. The van der Waals surface area contributed by atoms with E-state index in [1.165, 1.54) is 40.5 Å². The van der Waals surface area contributed by atoms with E-state index in [2.05, 4.69) is 41.6 Å². The van der Waals surface area contributed by atoms with E-state index in [1.54, 1.807) is 11.8 Å². The Morgan fingerprint density at radius 1 is 1.11 bits per heavy atom. The van der Waals surface area contributed by atoms with Crippen LogP contribution in [0.5, 0.6) is 17.2 Å². The number of nitrogens with one attached hydrogen (secondary N) is 1. The molecule has 2 amide bonds. The molecule has 15 nitrogen and oxygen atoms in total. The summed E-state index contributed by atoms with van der Waals surface area (Å²) in [7, 11) is 0. The van der Waals surface area contributed by atoms with Crippen molar-refractivity contribution in [1.82, 2.24) is 29.7 Å². The van der Waals surface area contributed by atoms with Crippen molar-refractivity contribution in [3.8, 4) is 17.2 Å². The van der Waals surface area contributed by atoms with Crippen molar-refractivity contribution in [3.63, 3.8) is 0 Å². The number of carbonyl (C=O) groups excluding carboxylic acids is 2. The minimum absolute atomic E-state index is 0.0840. The van der Waals surface area contributed by atoms with Crippen LogP contribution in [-0.4, -0.2) is 116 Å². The number of allylic oxidation sites excluding steroid dienone is 1. The number of fused-ring (bicyclic) bond motifs is 1. The molecule has 3 aliphatic rings. The number of benzene rings is 2. The number of amidine groups is 1. The van der Waals surface area contributed by atoms with Gasteiger partial charge < -0.3 is 39.7 Å². The molecule has 0 aliphatic carbocycles. The molecule has 6 rings (SSSR count). The number of aromatic nitrogens is 2. The molecule has 1 fully saturated rings. The number of hydrogen-bond acceptors (Lipinski definition) is 12. The fraction of sp³-hybridized carbons (Fsp3) is 0.371. The van der Waals surface area contributed by atoms with E-state index in [-0.39, 0.29) is 95.7 Å². The number of hydrogen-bond donors (Lipinski definition) is 3. The van der Waals surface area contributed by atoms with Crippen LogP contribution in [0.1, 0.15) is 47.6 Å². The summed E-state index contributed by atoms with van der Waals surface area (Å²) < 4.78 is 64.3. The van der Waals surface area contributed by atoms with E-state index in [4.69, 9.17) is 11.6 Å². The number of rotatable bonds is 9. The summed E-state index contributed by atoms with van der Waals surface area (Å²) in [6, 6.07) is 7.39. The minimum atomic E-state index is -3.86. The highest BCUT2D eigenvalue weighted by atomic mass is 35.5. The number of halogens is 5. The number of hydrazone groups is 1. The Hall–Kier alpha value is -5.69. The first kappa shape index (κ1) is 39.0. The molecular formula is C35H36ClF4N9O6. The highest BCUT2D eigenvalue weighted by Crippen LogP contribution is 2.41. The lowest BCUT2D eigenvalue weighted by molar-refractivity contribution is -0.286. The molecule has 0 spiro atoms. The fourth-order valence-electron chi connectivity index (χ4n) is 6.34. The monoisotopic (exact) mass is 789 g/mol. The maximum atomic E-state index is 13.9. The number of ether oxygens (including phenoxy) is 2. The van der Waals surface area contributed by atoms with Gasteiger partial charge in [0, 0.05) is 49.9 Å². The zero-order chi connectivity index (χ0) is 39.8. The summed E-state index contributed by atoms with van der Waals surface area (Å²) >= 11 is 6.26. The second kappa shape index (κ2) is 15.2. The van der Waals surface area contributed by atoms with Crippen LogP contribution in [0.15, 0.2) is 64.2 Å². The summed E-state index contributed by atoms with van der Waals surface area (Å²) in [6.45, 7) is 7.95. The van der Waals surface area contributed by atoms with E-state index in [1.807, 2.05) is 11.8 Å². The van der Waals surface area contributed by atoms with Crippen molar-refractivity contribution >= 4 is 41.7 Å². The van der Waals surface area contributed by atoms with E-state index in [9.17, 15) is 37.4 Å². The minimum Gasteiger partial charge on any atom is -0.504 e. The van der Waals surface area contributed by atoms with Crippen LogP contribution in [0, 0.1) is 6.92 Å². The van der Waals surface area contributed by atoms with Gasteiger partial charge in [0.15, 0.2) is 35.0 Å². The van der Waals surface area contributed by atoms with Crippen molar-refractivity contribution < 1.29 is 46.8 Å². The second-order valence-electron chi connectivity index (χ2n) is 12.8. The van der Waals surface area contributed by atoms with Crippen LogP contribution in [0.25, 0.3) is 0 Å². The summed E-state index contributed by atoms with van der Waals surface area (Å²) in [5, 5.41) is 30.6. The van der Waals surface area contributed by atoms with Gasteiger partial charge in [-0.3, -0.25) is 9.59 Å². The Morgan fingerprint density at radius 3 is 2.47 bits per heavy atom. The number of aliphatic hydroxyl groups is 1. The number of alkyl halides is 4. The number of carbonyl (C=O) groups is 2. The molecular weight excluding hydrogens is 754 g/mol. The van der Waals surface area contributed by atoms with Gasteiger partial charge >= 0.3 is 6.29 Å². The zero-order valence-electron chi connectivity index (χ0n) is 29.8. The third-order valence-corrected chi connectivity index (χ3v) is 9.40. The first-order chi connectivity index (χ1) is 26.0. The van der Waals surface area contributed by atoms with Gasteiger partial charge in [0.25, 0.3) is 11.8 Å². The number of piperazine rings is 1. The van der Waals surface area contributed by atoms with Gasteiger partial charge in [-0.05, 0) is 50.4 Å². The Balaban J connectivity index is 1.30. The molecule has 3 aromatic rings. The Morgan fingerprint density at radius 2 is 1.82 bits per heavy atom. The molecule has 1 saturated heterocycles. The average molecular weight is 790 g/mol. The lowest BCUT2D eigenvalue weighted by Gasteiger charge is -2.47. The van der Waals surface area contributed by atoms with Crippen molar-refractivity contribution in [2.75, 3.05) is 44.7 Å². The molecule has 1 atom stereocenters. The number of nitrogens with zero attached hydrogens (tertiary/aromatic N) is 8. The molecule has 20 heteroatoms. The highest BCUT2D eigenvalue weighted by Gasteiger charge is 2.44. The topological polar surface area (TPSA) is 169 Å². The average Bonchev–Trinajstić information content (AvgIpc) is 3.45. The van der Waals surface area contributed by atoms with Crippen LogP contribution < -0.4 is 14.8 Å². The fourth-order valence-corrected chi connectivity index (χ4v) is 6.57. The van der Waals surface area contributed by atoms with Crippen LogP contribution in [-0.2, 0) is 10.7 Å². The lowest BCUT2D eigenvalue weighted by Crippen LogP contribution is -2.56.